The van der Waals surface area contributed by atoms with Crippen LogP contribution in [0.4, 0.5) is 15.9 Å². The Balaban J connectivity index is 1.48. The molecule has 0 amide bonds. The number of hydrogen-bond donors (Lipinski definition) is 3. The molecule has 0 aliphatic rings. The van der Waals surface area contributed by atoms with Crippen LogP contribution in [0.3, 0.4) is 0 Å². The predicted molar refractivity (Wildman–Crippen MR) is 130 cm³/mol. The van der Waals surface area contributed by atoms with Gasteiger partial charge in [-0.1, -0.05) is 42.5 Å². The minimum atomic E-state index is -3.87. The van der Waals surface area contributed by atoms with Crippen molar-refractivity contribution in [3.63, 3.8) is 0 Å². The smallest absolute Gasteiger partial charge is 0.326 e. The first kappa shape index (κ1) is 23.8. The van der Waals surface area contributed by atoms with E-state index in [1.54, 1.807) is 30.3 Å². The van der Waals surface area contributed by atoms with E-state index in [-0.39, 0.29) is 11.3 Å². The molecule has 0 saturated carbocycles. The van der Waals surface area contributed by atoms with Gasteiger partial charge < -0.3 is 10.4 Å². The van der Waals surface area contributed by atoms with Gasteiger partial charge >= 0.3 is 5.97 Å². The molecule has 0 spiro atoms. The molecule has 3 aromatic carbocycles. The van der Waals surface area contributed by atoms with E-state index in [2.05, 4.69) is 20.0 Å². The lowest BCUT2D eigenvalue weighted by Crippen LogP contribution is -2.31. The molecule has 0 bridgehead atoms. The Hall–Kier alpha value is -4.31. The first-order valence-corrected chi connectivity index (χ1v) is 12.0. The molecular weight excluding hydrogens is 471 g/mol. The van der Waals surface area contributed by atoms with Gasteiger partial charge in [0, 0.05) is 23.7 Å². The van der Waals surface area contributed by atoms with Crippen molar-refractivity contribution < 1.29 is 22.7 Å². The zero-order valence-corrected chi connectivity index (χ0v) is 19.1. The van der Waals surface area contributed by atoms with Gasteiger partial charge in [-0.05, 0) is 42.0 Å². The number of carboxylic acids is 1. The highest BCUT2D eigenvalue weighted by molar-refractivity contribution is 7.92. The van der Waals surface area contributed by atoms with Gasteiger partial charge in [0.05, 0.1) is 10.6 Å². The average Bonchev–Trinajstić information content (AvgIpc) is 2.85. The summed E-state index contributed by atoms with van der Waals surface area (Å²) in [6.45, 7) is 0. The third kappa shape index (κ3) is 6.18. The summed E-state index contributed by atoms with van der Waals surface area (Å²) < 4.78 is 40.5. The lowest BCUT2D eigenvalue weighted by Gasteiger charge is -2.15. The maximum absolute atomic E-state index is 13.1. The molecule has 0 saturated heterocycles. The second kappa shape index (κ2) is 10.3. The minimum Gasteiger partial charge on any atom is -0.480 e. The van der Waals surface area contributed by atoms with Gasteiger partial charge in [0.15, 0.2) is 0 Å². The number of anilines is 2. The van der Waals surface area contributed by atoms with E-state index < -0.39 is 27.9 Å². The van der Waals surface area contributed by atoms with E-state index in [0.29, 0.717) is 22.8 Å². The summed E-state index contributed by atoms with van der Waals surface area (Å²) in [4.78, 5) is 20.1. The Morgan fingerprint density at radius 2 is 1.63 bits per heavy atom. The molecule has 0 radical (unpaired) electrons. The van der Waals surface area contributed by atoms with Crippen molar-refractivity contribution in [3.05, 3.63) is 103 Å². The molecule has 8 nitrogen and oxygen atoms in total. The number of halogens is 1. The third-order valence-electron chi connectivity index (χ3n) is 5.13. The van der Waals surface area contributed by atoms with Crippen LogP contribution in [0.2, 0.25) is 0 Å². The molecule has 178 valence electrons. The number of nitrogens with one attached hydrogen (secondary N) is 2. The standard InChI is InChI=1S/C25H21FN4O4S/c26-19-8-12-21(13-9-19)35(33,34)30-20-10-6-18(7-11-20)22-15-24(28-16-27-22)29-23(25(31)32)14-17-4-2-1-3-5-17/h1-13,15-16,23,30H,14H2,(H,31,32)(H,27,28,29). The summed E-state index contributed by atoms with van der Waals surface area (Å²) in [5.74, 6) is -1.19. The Morgan fingerprint density at radius 3 is 2.29 bits per heavy atom. The molecule has 0 aliphatic carbocycles. The first-order chi connectivity index (χ1) is 16.8. The van der Waals surface area contributed by atoms with E-state index in [4.69, 9.17) is 0 Å². The van der Waals surface area contributed by atoms with Crippen LogP contribution < -0.4 is 10.0 Å². The topological polar surface area (TPSA) is 121 Å². The lowest BCUT2D eigenvalue weighted by molar-refractivity contribution is -0.137. The highest BCUT2D eigenvalue weighted by Gasteiger charge is 2.19. The number of sulfonamides is 1. The fraction of sp³-hybridized carbons (Fsp3) is 0.0800. The normalized spacial score (nSPS) is 12.0. The zero-order chi connectivity index (χ0) is 24.8. The molecule has 1 heterocycles. The predicted octanol–water partition coefficient (Wildman–Crippen LogP) is 4.19. The van der Waals surface area contributed by atoms with Gasteiger partial charge in [0.2, 0.25) is 0 Å². The molecule has 3 N–H and O–H groups in total. The molecular formula is C25H21FN4O4S. The van der Waals surface area contributed by atoms with Gasteiger partial charge in [-0.3, -0.25) is 4.72 Å². The highest BCUT2D eigenvalue weighted by Crippen LogP contribution is 2.23. The Labute approximate surface area is 201 Å². The molecule has 0 aliphatic heterocycles. The summed E-state index contributed by atoms with van der Waals surface area (Å²) >= 11 is 0. The highest BCUT2D eigenvalue weighted by atomic mass is 32.2. The Kier molecular flexibility index (Phi) is 7.02. The van der Waals surface area contributed by atoms with Crippen LogP contribution in [0.25, 0.3) is 11.3 Å². The molecule has 1 atom stereocenters. The number of carboxylic acid groups (broad SMARTS) is 1. The van der Waals surface area contributed by atoms with Crippen LogP contribution in [-0.2, 0) is 21.2 Å². The van der Waals surface area contributed by atoms with Crippen molar-refractivity contribution in [2.45, 2.75) is 17.4 Å². The summed E-state index contributed by atoms with van der Waals surface area (Å²) in [5.41, 5.74) is 2.40. The quantitative estimate of drug-likeness (QED) is 0.320. The second-order valence-corrected chi connectivity index (χ2v) is 9.33. The third-order valence-corrected chi connectivity index (χ3v) is 6.52. The van der Waals surface area contributed by atoms with Gasteiger partial charge in [-0.2, -0.15) is 0 Å². The Bertz CT molecular complexity index is 1410. The minimum absolute atomic E-state index is 0.0574. The van der Waals surface area contributed by atoms with E-state index in [0.717, 1.165) is 17.7 Å². The van der Waals surface area contributed by atoms with Gasteiger partial charge in [-0.15, -0.1) is 0 Å². The van der Waals surface area contributed by atoms with E-state index >= 15 is 0 Å². The number of carbonyl (C=O) groups is 1. The zero-order valence-electron chi connectivity index (χ0n) is 18.3. The van der Waals surface area contributed by atoms with Crippen LogP contribution >= 0.6 is 0 Å². The fourth-order valence-electron chi connectivity index (χ4n) is 3.36. The molecule has 0 fully saturated rings. The van der Waals surface area contributed by atoms with Crippen LogP contribution in [0.5, 0.6) is 0 Å². The van der Waals surface area contributed by atoms with Crippen molar-refractivity contribution in [1.29, 1.82) is 0 Å². The van der Waals surface area contributed by atoms with Crippen molar-refractivity contribution in [3.8, 4) is 11.3 Å². The molecule has 4 rings (SSSR count). The van der Waals surface area contributed by atoms with Crippen molar-refractivity contribution in [2.75, 3.05) is 10.0 Å². The number of rotatable bonds is 9. The number of aliphatic carboxylic acids is 1. The Morgan fingerprint density at radius 1 is 0.943 bits per heavy atom. The summed E-state index contributed by atoms with van der Waals surface area (Å²) in [6.07, 6.45) is 1.60. The van der Waals surface area contributed by atoms with Crippen molar-refractivity contribution >= 4 is 27.5 Å². The maximum atomic E-state index is 13.1. The average molecular weight is 493 g/mol. The SMILES string of the molecule is O=C(O)C(Cc1ccccc1)Nc1cc(-c2ccc(NS(=O)(=O)c3ccc(F)cc3)cc2)ncn1. The molecule has 4 aromatic rings. The van der Waals surface area contributed by atoms with Crippen LogP contribution in [-0.4, -0.2) is 35.5 Å². The number of hydrogen-bond acceptors (Lipinski definition) is 6. The monoisotopic (exact) mass is 492 g/mol. The molecule has 35 heavy (non-hydrogen) atoms. The van der Waals surface area contributed by atoms with Crippen molar-refractivity contribution in [2.24, 2.45) is 0 Å². The first-order valence-electron chi connectivity index (χ1n) is 10.5. The van der Waals surface area contributed by atoms with Gasteiger partial charge in [0.25, 0.3) is 10.0 Å². The summed E-state index contributed by atoms with van der Waals surface area (Å²) in [7, 11) is -3.87. The summed E-state index contributed by atoms with van der Waals surface area (Å²) in [6, 6.07) is 21.0. The fourth-order valence-corrected chi connectivity index (χ4v) is 4.42. The lowest BCUT2D eigenvalue weighted by atomic mass is 10.1. The maximum Gasteiger partial charge on any atom is 0.326 e. The van der Waals surface area contributed by atoms with Gasteiger partial charge in [-0.25, -0.2) is 27.6 Å². The second-order valence-electron chi connectivity index (χ2n) is 7.65. The van der Waals surface area contributed by atoms with Crippen molar-refractivity contribution in [1.82, 2.24) is 9.97 Å². The molecule has 1 unspecified atom stereocenters. The van der Waals surface area contributed by atoms with Gasteiger partial charge in [0.1, 0.15) is 24.0 Å². The van der Waals surface area contributed by atoms with E-state index in [9.17, 15) is 22.7 Å². The number of aromatic nitrogens is 2. The number of nitrogens with zero attached hydrogens (tertiary/aromatic N) is 2. The van der Waals surface area contributed by atoms with Crippen LogP contribution in [0.15, 0.2) is 96.2 Å². The molecule has 1 aromatic heterocycles. The van der Waals surface area contributed by atoms with E-state index in [1.807, 2.05) is 30.3 Å². The number of benzene rings is 3. The van der Waals surface area contributed by atoms with E-state index in [1.165, 1.54) is 18.5 Å². The van der Waals surface area contributed by atoms with Crippen LogP contribution in [0, 0.1) is 5.82 Å². The molecule has 10 heteroatoms. The summed E-state index contributed by atoms with van der Waals surface area (Å²) in [5, 5.41) is 12.6. The van der Waals surface area contributed by atoms with Crippen LogP contribution in [0.1, 0.15) is 5.56 Å². The largest absolute Gasteiger partial charge is 0.480 e.